The van der Waals surface area contributed by atoms with E-state index in [-0.39, 0.29) is 16.6 Å². The van der Waals surface area contributed by atoms with E-state index in [1.807, 2.05) is 6.92 Å². The van der Waals surface area contributed by atoms with Crippen molar-refractivity contribution in [3.05, 3.63) is 39.4 Å². The number of hydrogen-bond acceptors (Lipinski definition) is 3. The molecule has 0 fully saturated rings. The number of amides is 1. The highest BCUT2D eigenvalue weighted by Gasteiger charge is 2.21. The average Bonchev–Trinajstić information content (AvgIpc) is 2.33. The number of nitro groups is 1. The number of hydrogen-bond donors (Lipinski definition) is 1. The summed E-state index contributed by atoms with van der Waals surface area (Å²) in [6.07, 6.45) is 1.54. The van der Waals surface area contributed by atoms with E-state index in [0.29, 0.717) is 12.1 Å². The number of nitrogens with zero attached hydrogens (tertiary/aromatic N) is 1. The highest BCUT2D eigenvalue weighted by atomic mass is 35.5. The van der Waals surface area contributed by atoms with Crippen molar-refractivity contribution in [3.63, 3.8) is 0 Å². The van der Waals surface area contributed by atoms with Crippen molar-refractivity contribution < 1.29 is 9.72 Å². The average molecular weight is 285 g/mol. The van der Waals surface area contributed by atoms with Gasteiger partial charge in [-0.1, -0.05) is 12.1 Å². The summed E-state index contributed by atoms with van der Waals surface area (Å²) in [7, 11) is 0. The molecular formula is C13H17ClN2O3. The first-order chi connectivity index (χ1) is 8.93. The molecule has 0 saturated heterocycles. The largest absolute Gasteiger partial charge is 0.352 e. The van der Waals surface area contributed by atoms with Crippen LogP contribution < -0.4 is 5.32 Å². The second-order valence-electron chi connectivity index (χ2n) is 4.41. The third-order valence-electron chi connectivity index (χ3n) is 2.73. The van der Waals surface area contributed by atoms with E-state index in [4.69, 9.17) is 11.6 Å². The minimum atomic E-state index is -0.523. The lowest BCUT2D eigenvalue weighted by atomic mass is 10.1. The second kappa shape index (κ2) is 7.09. The summed E-state index contributed by atoms with van der Waals surface area (Å²) in [6, 6.07) is 4.72. The fraction of sp³-hybridized carbons (Fsp3) is 0.462. The lowest BCUT2D eigenvalue weighted by Gasteiger charge is -2.07. The molecule has 1 unspecified atom stereocenters. The number of aryl methyl sites for hydroxylation is 1. The maximum Gasteiger partial charge on any atom is 0.285 e. The number of para-hydroxylation sites is 1. The molecule has 0 aliphatic heterocycles. The molecule has 0 radical (unpaired) electrons. The Kier molecular flexibility index (Phi) is 5.76. The predicted molar refractivity (Wildman–Crippen MR) is 74.7 cm³/mol. The Bertz CT molecular complexity index is 475. The molecule has 0 aliphatic carbocycles. The Hall–Kier alpha value is -1.62. The van der Waals surface area contributed by atoms with E-state index < -0.39 is 10.8 Å². The third-order valence-corrected chi connectivity index (χ3v) is 2.95. The lowest BCUT2D eigenvalue weighted by molar-refractivity contribution is -0.385. The van der Waals surface area contributed by atoms with Crippen molar-refractivity contribution in [2.24, 2.45) is 0 Å². The monoisotopic (exact) mass is 284 g/mol. The molecule has 0 saturated carbocycles. The van der Waals surface area contributed by atoms with Gasteiger partial charge in [-0.15, -0.1) is 11.6 Å². The topological polar surface area (TPSA) is 72.2 Å². The molecule has 1 aromatic rings. The number of carbonyl (C=O) groups excluding carboxylic acids is 1. The van der Waals surface area contributed by atoms with Gasteiger partial charge >= 0.3 is 0 Å². The maximum absolute atomic E-state index is 11.9. The van der Waals surface area contributed by atoms with Crippen LogP contribution in [0.2, 0.25) is 0 Å². The quantitative estimate of drug-likeness (QED) is 0.378. The number of halogens is 1. The summed E-state index contributed by atoms with van der Waals surface area (Å²) in [5, 5.41) is 13.7. The van der Waals surface area contributed by atoms with Gasteiger partial charge in [0, 0.05) is 17.5 Å². The van der Waals surface area contributed by atoms with Gasteiger partial charge in [0.2, 0.25) is 0 Å². The van der Waals surface area contributed by atoms with Crippen molar-refractivity contribution in [2.45, 2.75) is 32.1 Å². The molecule has 1 atom stereocenters. The molecule has 0 aliphatic rings. The van der Waals surface area contributed by atoms with Crippen LogP contribution in [0.1, 0.15) is 35.7 Å². The van der Waals surface area contributed by atoms with Crippen molar-refractivity contribution in [2.75, 3.05) is 6.54 Å². The van der Waals surface area contributed by atoms with Crippen molar-refractivity contribution in [3.8, 4) is 0 Å². The van der Waals surface area contributed by atoms with Crippen LogP contribution in [0.15, 0.2) is 18.2 Å². The van der Waals surface area contributed by atoms with Gasteiger partial charge in [0.25, 0.3) is 11.6 Å². The number of alkyl halides is 1. The SMILES string of the molecule is Cc1cccc(C(=O)NCCCC(C)Cl)c1[N+](=O)[O-]. The molecule has 0 aromatic heterocycles. The van der Waals surface area contributed by atoms with Gasteiger partial charge in [0.05, 0.1) is 4.92 Å². The highest BCUT2D eigenvalue weighted by Crippen LogP contribution is 2.22. The molecule has 1 N–H and O–H groups in total. The van der Waals surface area contributed by atoms with Gasteiger partial charge in [0.15, 0.2) is 0 Å². The van der Waals surface area contributed by atoms with Gasteiger partial charge < -0.3 is 5.32 Å². The summed E-state index contributed by atoms with van der Waals surface area (Å²) < 4.78 is 0. The first-order valence-electron chi connectivity index (χ1n) is 6.09. The van der Waals surface area contributed by atoms with E-state index >= 15 is 0 Å². The Balaban J connectivity index is 2.72. The van der Waals surface area contributed by atoms with Crippen LogP contribution in [0.5, 0.6) is 0 Å². The molecule has 0 bridgehead atoms. The van der Waals surface area contributed by atoms with E-state index in [1.54, 1.807) is 19.1 Å². The zero-order chi connectivity index (χ0) is 14.4. The van der Waals surface area contributed by atoms with Crippen molar-refractivity contribution in [1.82, 2.24) is 5.32 Å². The first-order valence-corrected chi connectivity index (χ1v) is 6.53. The minimum Gasteiger partial charge on any atom is -0.352 e. The predicted octanol–water partition coefficient (Wildman–Crippen LogP) is 3.04. The van der Waals surface area contributed by atoms with Gasteiger partial charge in [-0.05, 0) is 32.8 Å². The second-order valence-corrected chi connectivity index (χ2v) is 5.15. The molecule has 0 heterocycles. The van der Waals surface area contributed by atoms with Crippen molar-refractivity contribution in [1.29, 1.82) is 0 Å². The van der Waals surface area contributed by atoms with Gasteiger partial charge in [0.1, 0.15) is 5.56 Å². The van der Waals surface area contributed by atoms with Crippen LogP contribution in [-0.4, -0.2) is 22.8 Å². The zero-order valence-electron chi connectivity index (χ0n) is 11.0. The van der Waals surface area contributed by atoms with Crippen LogP contribution in [0, 0.1) is 17.0 Å². The minimum absolute atomic E-state index is 0.0604. The van der Waals surface area contributed by atoms with Crippen LogP contribution in [0.3, 0.4) is 0 Å². The van der Waals surface area contributed by atoms with Crippen LogP contribution in [0.25, 0.3) is 0 Å². The lowest BCUT2D eigenvalue weighted by Crippen LogP contribution is -2.25. The Labute approximate surface area is 117 Å². The van der Waals surface area contributed by atoms with Gasteiger partial charge in [-0.2, -0.15) is 0 Å². The maximum atomic E-state index is 11.9. The van der Waals surface area contributed by atoms with Crippen LogP contribution in [0.4, 0.5) is 5.69 Å². The molecule has 1 amide bonds. The number of benzene rings is 1. The molecule has 1 aromatic carbocycles. The van der Waals surface area contributed by atoms with Crippen LogP contribution >= 0.6 is 11.6 Å². The molecule has 19 heavy (non-hydrogen) atoms. The molecule has 1 rings (SSSR count). The standard InChI is InChI=1S/C13H17ClN2O3/c1-9-5-3-7-11(12(9)16(18)19)13(17)15-8-4-6-10(2)14/h3,5,7,10H,4,6,8H2,1-2H3,(H,15,17). The molecule has 0 spiro atoms. The summed E-state index contributed by atoms with van der Waals surface area (Å²) >= 11 is 5.80. The normalized spacial score (nSPS) is 11.9. The van der Waals surface area contributed by atoms with Crippen LogP contribution in [-0.2, 0) is 0 Å². The number of carbonyl (C=O) groups is 1. The van der Waals surface area contributed by atoms with E-state index in [1.165, 1.54) is 6.07 Å². The Morgan fingerprint density at radius 1 is 1.53 bits per heavy atom. The molecular weight excluding hydrogens is 268 g/mol. The van der Waals surface area contributed by atoms with E-state index in [9.17, 15) is 14.9 Å². The summed E-state index contributed by atoms with van der Waals surface area (Å²) in [5.41, 5.74) is 0.446. The van der Waals surface area contributed by atoms with E-state index in [2.05, 4.69) is 5.32 Å². The number of nitrogens with one attached hydrogen (secondary N) is 1. The first kappa shape index (κ1) is 15.4. The summed E-state index contributed by atoms with van der Waals surface area (Å²) in [5.74, 6) is -0.419. The molecule has 104 valence electrons. The molecule has 5 nitrogen and oxygen atoms in total. The summed E-state index contributed by atoms with van der Waals surface area (Å²) in [6.45, 7) is 3.96. The number of nitro benzene ring substituents is 1. The fourth-order valence-corrected chi connectivity index (χ4v) is 1.92. The Morgan fingerprint density at radius 2 is 2.21 bits per heavy atom. The van der Waals surface area contributed by atoms with E-state index in [0.717, 1.165) is 12.8 Å². The highest BCUT2D eigenvalue weighted by molar-refractivity contribution is 6.20. The number of rotatable bonds is 6. The summed E-state index contributed by atoms with van der Waals surface area (Å²) in [4.78, 5) is 22.4. The van der Waals surface area contributed by atoms with Gasteiger partial charge in [-0.3, -0.25) is 14.9 Å². The third kappa shape index (κ3) is 4.52. The van der Waals surface area contributed by atoms with Gasteiger partial charge in [-0.25, -0.2) is 0 Å². The smallest absolute Gasteiger partial charge is 0.285 e. The zero-order valence-corrected chi connectivity index (χ0v) is 11.7. The fourth-order valence-electron chi connectivity index (χ4n) is 1.77. The molecule has 6 heteroatoms. The van der Waals surface area contributed by atoms with Crippen molar-refractivity contribution >= 4 is 23.2 Å². The Morgan fingerprint density at radius 3 is 2.79 bits per heavy atom.